The Morgan fingerprint density at radius 2 is 1.21 bits per heavy atom. The SMILES string of the molecule is O=C(CCCCCC(=O)N/N=C/c1cccc(F)c1)N/N=C/c1cccc(F)c1. The maximum Gasteiger partial charge on any atom is 0.240 e. The molecular formula is C21H22F2N4O2. The van der Waals surface area contributed by atoms with Crippen LogP contribution in [0.3, 0.4) is 0 Å². The average molecular weight is 400 g/mol. The van der Waals surface area contributed by atoms with Gasteiger partial charge in [-0.25, -0.2) is 19.6 Å². The standard InChI is InChI=1S/C21H22F2N4O2/c22-18-8-4-6-16(12-18)14-24-26-20(28)10-2-1-3-11-21(29)27-25-15-17-7-5-9-19(23)13-17/h4-9,12-15H,1-3,10-11H2,(H,26,28)(H,27,29)/b24-14+,25-15+. The third-order valence-corrected chi connectivity index (χ3v) is 3.81. The van der Waals surface area contributed by atoms with E-state index in [0.717, 1.165) is 0 Å². The number of hydrogen-bond donors (Lipinski definition) is 2. The second-order valence-corrected chi connectivity index (χ2v) is 6.26. The highest BCUT2D eigenvalue weighted by Crippen LogP contribution is 2.04. The van der Waals surface area contributed by atoms with Crippen molar-refractivity contribution in [3.8, 4) is 0 Å². The summed E-state index contributed by atoms with van der Waals surface area (Å²) in [5.74, 6) is -1.24. The average Bonchev–Trinajstić information content (AvgIpc) is 2.68. The number of amides is 2. The summed E-state index contributed by atoms with van der Waals surface area (Å²) in [5, 5.41) is 7.56. The Labute approximate surface area is 167 Å². The van der Waals surface area contributed by atoms with Gasteiger partial charge in [-0.1, -0.05) is 30.7 Å². The van der Waals surface area contributed by atoms with Crippen LogP contribution in [0.25, 0.3) is 0 Å². The minimum Gasteiger partial charge on any atom is -0.273 e. The van der Waals surface area contributed by atoms with Gasteiger partial charge in [0, 0.05) is 12.8 Å². The third kappa shape index (κ3) is 9.37. The zero-order valence-electron chi connectivity index (χ0n) is 15.8. The zero-order chi connectivity index (χ0) is 20.9. The Balaban J connectivity index is 1.54. The van der Waals surface area contributed by atoms with E-state index in [9.17, 15) is 18.4 Å². The molecule has 0 fully saturated rings. The highest BCUT2D eigenvalue weighted by Gasteiger charge is 2.02. The van der Waals surface area contributed by atoms with Crippen molar-refractivity contribution in [2.24, 2.45) is 10.2 Å². The minimum atomic E-state index is -0.371. The quantitative estimate of drug-likeness (QED) is 0.363. The van der Waals surface area contributed by atoms with Gasteiger partial charge in [0.1, 0.15) is 11.6 Å². The summed E-state index contributed by atoms with van der Waals surface area (Å²) in [6, 6.07) is 11.7. The number of nitrogens with one attached hydrogen (secondary N) is 2. The lowest BCUT2D eigenvalue weighted by Gasteiger charge is -2.01. The van der Waals surface area contributed by atoms with Gasteiger partial charge in [0.05, 0.1) is 12.4 Å². The predicted octanol–water partition coefficient (Wildman–Crippen LogP) is 3.52. The maximum atomic E-state index is 13.0. The molecule has 2 amide bonds. The largest absolute Gasteiger partial charge is 0.273 e. The Bertz CT molecular complexity index is 813. The monoisotopic (exact) mass is 400 g/mol. The molecule has 0 bridgehead atoms. The molecule has 2 N–H and O–H groups in total. The number of hydrazone groups is 2. The smallest absolute Gasteiger partial charge is 0.240 e. The number of nitrogens with zero attached hydrogens (tertiary/aromatic N) is 2. The molecule has 0 aliphatic rings. The molecule has 0 heterocycles. The summed E-state index contributed by atoms with van der Waals surface area (Å²) in [4.78, 5) is 23.3. The molecule has 2 rings (SSSR count). The summed E-state index contributed by atoms with van der Waals surface area (Å²) in [6.45, 7) is 0. The van der Waals surface area contributed by atoms with Gasteiger partial charge in [0.25, 0.3) is 0 Å². The fourth-order valence-electron chi connectivity index (χ4n) is 2.39. The maximum absolute atomic E-state index is 13.0. The van der Waals surface area contributed by atoms with Crippen molar-refractivity contribution < 1.29 is 18.4 Å². The summed E-state index contributed by atoms with van der Waals surface area (Å²) in [5.41, 5.74) is 5.87. The first kappa shape index (κ1) is 21.9. The van der Waals surface area contributed by atoms with Crippen molar-refractivity contribution in [2.75, 3.05) is 0 Å². The molecular weight excluding hydrogens is 378 g/mol. The molecule has 0 unspecified atom stereocenters. The molecule has 0 aromatic heterocycles. The predicted molar refractivity (Wildman–Crippen MR) is 107 cm³/mol. The number of carbonyl (C=O) groups excluding carboxylic acids is 2. The number of carbonyl (C=O) groups is 2. The first-order valence-corrected chi connectivity index (χ1v) is 9.18. The van der Waals surface area contributed by atoms with E-state index >= 15 is 0 Å². The molecule has 0 saturated heterocycles. The Morgan fingerprint density at radius 3 is 1.62 bits per heavy atom. The molecule has 29 heavy (non-hydrogen) atoms. The number of hydrogen-bond acceptors (Lipinski definition) is 4. The van der Waals surface area contributed by atoms with Crippen LogP contribution in [0.2, 0.25) is 0 Å². The molecule has 0 aliphatic carbocycles. The lowest BCUT2D eigenvalue weighted by Crippen LogP contribution is -2.18. The van der Waals surface area contributed by atoms with Crippen molar-refractivity contribution >= 4 is 24.2 Å². The van der Waals surface area contributed by atoms with Crippen LogP contribution in [0.5, 0.6) is 0 Å². The lowest BCUT2D eigenvalue weighted by molar-refractivity contribution is -0.121. The minimum absolute atomic E-state index is 0.248. The van der Waals surface area contributed by atoms with Crippen molar-refractivity contribution in [1.82, 2.24) is 10.9 Å². The summed E-state index contributed by atoms with van der Waals surface area (Å²) < 4.78 is 26.0. The summed E-state index contributed by atoms with van der Waals surface area (Å²) in [6.07, 6.45) is 5.22. The normalized spacial score (nSPS) is 11.1. The van der Waals surface area contributed by atoms with Gasteiger partial charge in [-0.2, -0.15) is 10.2 Å². The van der Waals surface area contributed by atoms with E-state index in [4.69, 9.17) is 0 Å². The topological polar surface area (TPSA) is 82.9 Å². The summed E-state index contributed by atoms with van der Waals surface area (Å²) in [7, 11) is 0. The molecule has 152 valence electrons. The Morgan fingerprint density at radius 1 is 0.759 bits per heavy atom. The number of benzene rings is 2. The van der Waals surface area contributed by atoms with Crippen LogP contribution in [0.1, 0.15) is 43.2 Å². The van der Waals surface area contributed by atoms with Crippen molar-refractivity contribution in [3.05, 3.63) is 71.3 Å². The van der Waals surface area contributed by atoms with Crippen LogP contribution < -0.4 is 10.9 Å². The number of unbranched alkanes of at least 4 members (excludes halogenated alkanes) is 2. The molecule has 0 atom stereocenters. The molecule has 0 aliphatic heterocycles. The molecule has 2 aromatic carbocycles. The van der Waals surface area contributed by atoms with E-state index < -0.39 is 0 Å². The first-order valence-electron chi connectivity index (χ1n) is 9.18. The number of rotatable bonds is 10. The van der Waals surface area contributed by atoms with Crippen LogP contribution in [0.4, 0.5) is 8.78 Å². The first-order chi connectivity index (χ1) is 14.0. The molecule has 0 saturated carbocycles. The van der Waals surface area contributed by atoms with Crippen LogP contribution in [-0.4, -0.2) is 24.2 Å². The number of halogens is 2. The van der Waals surface area contributed by atoms with E-state index in [1.807, 2.05) is 0 Å². The Hall–Kier alpha value is -3.42. The van der Waals surface area contributed by atoms with Gasteiger partial charge in [0.15, 0.2) is 0 Å². The van der Waals surface area contributed by atoms with Gasteiger partial charge in [0.2, 0.25) is 11.8 Å². The van der Waals surface area contributed by atoms with Crippen molar-refractivity contribution in [2.45, 2.75) is 32.1 Å². The second kappa shape index (κ2) is 12.1. The van der Waals surface area contributed by atoms with E-state index in [-0.39, 0.29) is 36.3 Å². The molecule has 6 nitrogen and oxygen atoms in total. The summed E-state index contributed by atoms with van der Waals surface area (Å²) >= 11 is 0. The van der Waals surface area contributed by atoms with Crippen molar-refractivity contribution in [3.63, 3.8) is 0 Å². The van der Waals surface area contributed by atoms with Crippen LogP contribution in [0, 0.1) is 11.6 Å². The van der Waals surface area contributed by atoms with Gasteiger partial charge in [-0.05, 0) is 48.2 Å². The van der Waals surface area contributed by atoms with Crippen molar-refractivity contribution in [1.29, 1.82) is 0 Å². The highest BCUT2D eigenvalue weighted by molar-refractivity contribution is 5.83. The molecule has 8 heteroatoms. The van der Waals surface area contributed by atoms with E-state index in [0.29, 0.717) is 30.4 Å². The van der Waals surface area contributed by atoms with Gasteiger partial charge < -0.3 is 0 Å². The van der Waals surface area contributed by atoms with Gasteiger partial charge in [-0.15, -0.1) is 0 Å². The lowest BCUT2D eigenvalue weighted by atomic mass is 10.1. The van der Waals surface area contributed by atoms with Crippen LogP contribution >= 0.6 is 0 Å². The fourth-order valence-corrected chi connectivity index (χ4v) is 2.39. The molecule has 2 aromatic rings. The highest BCUT2D eigenvalue weighted by atomic mass is 19.1. The van der Waals surface area contributed by atoms with Crippen LogP contribution in [0.15, 0.2) is 58.7 Å². The van der Waals surface area contributed by atoms with E-state index in [1.54, 1.807) is 24.3 Å². The van der Waals surface area contributed by atoms with Gasteiger partial charge >= 0.3 is 0 Å². The van der Waals surface area contributed by atoms with Gasteiger partial charge in [-0.3, -0.25) is 9.59 Å². The van der Waals surface area contributed by atoms with Crippen LogP contribution in [-0.2, 0) is 9.59 Å². The third-order valence-electron chi connectivity index (χ3n) is 3.81. The second-order valence-electron chi connectivity index (χ2n) is 6.26. The zero-order valence-corrected chi connectivity index (χ0v) is 15.8. The molecule has 0 radical (unpaired) electrons. The molecule has 0 spiro atoms. The van der Waals surface area contributed by atoms with E-state index in [2.05, 4.69) is 21.1 Å². The fraction of sp³-hybridized carbons (Fsp3) is 0.238. The van der Waals surface area contributed by atoms with E-state index in [1.165, 1.54) is 36.7 Å². The Kier molecular flexibility index (Phi) is 9.14.